The Morgan fingerprint density at radius 2 is 1.66 bits per heavy atom. The lowest BCUT2D eigenvalue weighted by Crippen LogP contribution is -2.20. The number of aliphatic hydroxyl groups excluding tert-OH is 3. The Balaban J connectivity index is 1.35. The van der Waals surface area contributed by atoms with Gasteiger partial charge in [-0.05, 0) is 63.0 Å². The summed E-state index contributed by atoms with van der Waals surface area (Å²) in [5.74, 6) is -0.982. The van der Waals surface area contributed by atoms with Crippen LogP contribution in [0, 0.1) is 11.8 Å². The summed E-state index contributed by atoms with van der Waals surface area (Å²) in [6.45, 7) is 3.78. The molecular weight excluding hydrogens is 516 g/mol. The molecule has 0 radical (unpaired) electrons. The molecule has 0 aromatic heterocycles. The van der Waals surface area contributed by atoms with Gasteiger partial charge in [-0.25, -0.2) is 0 Å². The molecule has 6 heteroatoms. The molecule has 0 unspecified atom stereocenters. The number of rotatable bonds is 15. The van der Waals surface area contributed by atoms with Crippen LogP contribution in [0.4, 0.5) is 0 Å². The summed E-state index contributed by atoms with van der Waals surface area (Å²) in [6, 6.07) is 17.2. The number of hydrogen-bond donors (Lipinski definition) is 3. The molecule has 5 atom stereocenters. The highest BCUT2D eigenvalue weighted by molar-refractivity contribution is 5.98. The van der Waals surface area contributed by atoms with Crippen molar-refractivity contribution in [2.45, 2.75) is 77.1 Å². The van der Waals surface area contributed by atoms with Crippen LogP contribution in [-0.2, 0) is 9.53 Å². The van der Waals surface area contributed by atoms with Crippen molar-refractivity contribution < 1.29 is 29.6 Å². The maximum absolute atomic E-state index is 12.4. The first kappa shape index (κ1) is 32.2. The first-order valence-corrected chi connectivity index (χ1v) is 14.6. The van der Waals surface area contributed by atoms with Gasteiger partial charge in [0.2, 0.25) is 0 Å². The molecule has 1 aliphatic rings. The Morgan fingerprint density at radius 1 is 0.951 bits per heavy atom. The molecule has 0 aliphatic heterocycles. The zero-order chi connectivity index (χ0) is 29.6. The number of benzene rings is 2. The lowest BCUT2D eigenvalue weighted by molar-refractivity contribution is -0.142. The molecule has 220 valence electrons. The lowest BCUT2D eigenvalue weighted by Gasteiger charge is -2.19. The molecule has 2 aromatic carbocycles. The molecule has 0 spiro atoms. The van der Waals surface area contributed by atoms with Gasteiger partial charge < -0.3 is 20.1 Å². The fraction of sp³-hybridized carbons (Fsp3) is 0.429. The van der Waals surface area contributed by atoms with Crippen LogP contribution in [0.5, 0.6) is 0 Å². The number of ketones is 1. The average molecular weight is 561 g/mol. The monoisotopic (exact) mass is 560 g/mol. The van der Waals surface area contributed by atoms with E-state index in [4.69, 9.17) is 4.74 Å². The van der Waals surface area contributed by atoms with Gasteiger partial charge in [-0.1, -0.05) is 90.6 Å². The van der Waals surface area contributed by atoms with Gasteiger partial charge in [0.25, 0.3) is 0 Å². The Morgan fingerprint density at radius 3 is 2.37 bits per heavy atom. The van der Waals surface area contributed by atoms with Gasteiger partial charge in [0, 0.05) is 24.3 Å². The van der Waals surface area contributed by atoms with Crippen LogP contribution in [-0.4, -0.2) is 52.0 Å². The molecule has 6 nitrogen and oxygen atoms in total. The minimum atomic E-state index is -0.635. The molecule has 1 fully saturated rings. The highest BCUT2D eigenvalue weighted by atomic mass is 16.5. The summed E-state index contributed by atoms with van der Waals surface area (Å²) >= 11 is 0. The van der Waals surface area contributed by atoms with E-state index in [0.29, 0.717) is 37.7 Å². The zero-order valence-corrected chi connectivity index (χ0v) is 24.2. The Kier molecular flexibility index (Phi) is 13.2. The van der Waals surface area contributed by atoms with E-state index < -0.39 is 24.3 Å². The topological polar surface area (TPSA) is 104 Å². The van der Waals surface area contributed by atoms with Crippen LogP contribution >= 0.6 is 0 Å². The number of allylic oxidation sites excluding steroid dienone is 4. The number of ether oxygens (including phenoxy) is 1. The predicted molar refractivity (Wildman–Crippen MR) is 162 cm³/mol. The number of carbonyl (C=O) groups is 2. The van der Waals surface area contributed by atoms with Crippen molar-refractivity contribution in [3.05, 3.63) is 96.1 Å². The summed E-state index contributed by atoms with van der Waals surface area (Å²) in [4.78, 5) is 24.5. The fourth-order valence-electron chi connectivity index (χ4n) is 5.12. The number of aliphatic hydroxyl groups is 3. The molecule has 0 heterocycles. The second-order valence-electron chi connectivity index (χ2n) is 11.0. The van der Waals surface area contributed by atoms with E-state index in [1.54, 1.807) is 18.2 Å². The molecule has 2 aromatic rings. The molecule has 1 aliphatic carbocycles. The third-order valence-corrected chi connectivity index (χ3v) is 7.49. The van der Waals surface area contributed by atoms with E-state index in [9.17, 15) is 24.9 Å². The lowest BCUT2D eigenvalue weighted by atomic mass is 9.89. The van der Waals surface area contributed by atoms with Gasteiger partial charge in [-0.2, -0.15) is 0 Å². The van der Waals surface area contributed by atoms with Crippen molar-refractivity contribution in [1.82, 2.24) is 0 Å². The van der Waals surface area contributed by atoms with Gasteiger partial charge in [-0.15, -0.1) is 0 Å². The number of hydrogen-bond acceptors (Lipinski definition) is 6. The van der Waals surface area contributed by atoms with Gasteiger partial charge >= 0.3 is 5.97 Å². The standard InChI is InChI=1S/C35H44O6/c1-25(2)11-10-14-29(36)21-22-31-30(32(37)23-33(31)38)15-8-3-4-9-16-35(40)41-24-34(39)28-19-17-27(18-20-28)26-12-6-5-7-13-26/h3,5-8,11-13,17-22,29-33,36-38H,4,9-10,14-16,23-24H2,1-2H3/b8-3-,22-21+/t29-,30+,31+,32-,33+/m0/s1. The minimum Gasteiger partial charge on any atom is -0.457 e. The molecular formula is C35H44O6. The van der Waals surface area contributed by atoms with Crippen molar-refractivity contribution in [3.8, 4) is 11.1 Å². The van der Waals surface area contributed by atoms with Gasteiger partial charge in [0.05, 0.1) is 18.3 Å². The van der Waals surface area contributed by atoms with Crippen molar-refractivity contribution >= 4 is 11.8 Å². The quantitative estimate of drug-likeness (QED) is 0.103. The second kappa shape index (κ2) is 16.8. The highest BCUT2D eigenvalue weighted by Gasteiger charge is 2.39. The van der Waals surface area contributed by atoms with Gasteiger partial charge in [0.1, 0.15) is 0 Å². The normalized spacial score (nSPS) is 21.3. The minimum absolute atomic E-state index is 0.125. The summed E-state index contributed by atoms with van der Waals surface area (Å²) in [5.41, 5.74) is 3.81. The van der Waals surface area contributed by atoms with Crippen molar-refractivity contribution in [2.24, 2.45) is 11.8 Å². The Bertz CT molecular complexity index is 1180. The number of carbonyl (C=O) groups excluding carboxylic acids is 2. The van der Waals surface area contributed by atoms with Crippen LogP contribution in [0.25, 0.3) is 11.1 Å². The average Bonchev–Trinajstić information content (AvgIpc) is 3.24. The van der Waals surface area contributed by atoms with Gasteiger partial charge in [0.15, 0.2) is 12.4 Å². The molecule has 1 saturated carbocycles. The van der Waals surface area contributed by atoms with Crippen molar-refractivity contribution in [3.63, 3.8) is 0 Å². The SMILES string of the molecule is CC(C)=CCC[C@H](O)/C=C/[C@@H]1[C@@H](C/C=C\CCCC(=O)OCC(=O)c2ccc(-c3ccccc3)cc2)[C@@H](O)C[C@H]1O. The maximum Gasteiger partial charge on any atom is 0.306 e. The van der Waals surface area contributed by atoms with E-state index in [-0.39, 0.29) is 30.6 Å². The maximum atomic E-state index is 12.4. The first-order chi connectivity index (χ1) is 19.7. The summed E-state index contributed by atoms with van der Waals surface area (Å²) < 4.78 is 5.18. The number of Topliss-reactive ketones (excluding diaryl/α,β-unsaturated/α-hetero) is 1. The largest absolute Gasteiger partial charge is 0.457 e. The second-order valence-corrected chi connectivity index (χ2v) is 11.0. The summed E-state index contributed by atoms with van der Waals surface area (Å²) in [5, 5.41) is 31.1. The van der Waals surface area contributed by atoms with E-state index >= 15 is 0 Å². The van der Waals surface area contributed by atoms with Crippen LogP contribution in [0.1, 0.15) is 69.2 Å². The van der Waals surface area contributed by atoms with Crippen molar-refractivity contribution in [1.29, 1.82) is 0 Å². The zero-order valence-electron chi connectivity index (χ0n) is 24.2. The molecule has 41 heavy (non-hydrogen) atoms. The molecule has 0 amide bonds. The predicted octanol–water partition coefficient (Wildman–Crippen LogP) is 6.22. The van der Waals surface area contributed by atoms with Crippen LogP contribution in [0.3, 0.4) is 0 Å². The van der Waals surface area contributed by atoms with Crippen LogP contribution < -0.4 is 0 Å². The molecule has 3 rings (SSSR count). The molecule has 0 saturated heterocycles. The van der Waals surface area contributed by atoms with Gasteiger partial charge in [-0.3, -0.25) is 9.59 Å². The summed E-state index contributed by atoms with van der Waals surface area (Å²) in [6.07, 6.45) is 11.6. The van der Waals surface area contributed by atoms with E-state index in [1.807, 2.05) is 74.5 Å². The van der Waals surface area contributed by atoms with E-state index in [0.717, 1.165) is 17.5 Å². The Labute approximate surface area is 244 Å². The smallest absolute Gasteiger partial charge is 0.306 e. The Hall–Kier alpha value is -3.32. The van der Waals surface area contributed by atoms with Crippen LogP contribution in [0.15, 0.2) is 90.6 Å². The molecule has 3 N–H and O–H groups in total. The number of esters is 1. The third kappa shape index (κ3) is 10.9. The highest BCUT2D eigenvalue weighted by Crippen LogP contribution is 2.36. The summed E-state index contributed by atoms with van der Waals surface area (Å²) in [7, 11) is 0. The van der Waals surface area contributed by atoms with E-state index in [1.165, 1.54) is 5.57 Å². The fourth-order valence-corrected chi connectivity index (χ4v) is 5.12. The van der Waals surface area contributed by atoms with E-state index in [2.05, 4.69) is 6.08 Å². The number of unbranched alkanes of at least 4 members (excludes halogenated alkanes) is 1. The van der Waals surface area contributed by atoms with Crippen molar-refractivity contribution in [2.75, 3.05) is 6.61 Å². The van der Waals surface area contributed by atoms with Crippen LogP contribution in [0.2, 0.25) is 0 Å². The first-order valence-electron chi connectivity index (χ1n) is 14.6. The third-order valence-electron chi connectivity index (χ3n) is 7.49. The molecule has 0 bridgehead atoms.